The van der Waals surface area contributed by atoms with E-state index in [4.69, 9.17) is 0 Å². The third kappa shape index (κ3) is 8.94. The Morgan fingerprint density at radius 3 is 2.23 bits per heavy atom. The van der Waals surface area contributed by atoms with Crippen LogP contribution in [0.25, 0.3) is 0 Å². The molecule has 0 spiro atoms. The van der Waals surface area contributed by atoms with Gasteiger partial charge in [0.2, 0.25) is 0 Å². The van der Waals surface area contributed by atoms with E-state index < -0.39 is 0 Å². The monoisotopic (exact) mass is 181 g/mol. The Morgan fingerprint density at radius 1 is 1.31 bits per heavy atom. The second-order valence-corrected chi connectivity index (χ2v) is 4.64. The Bertz CT molecular complexity index is 225. The second kappa shape index (κ2) is 4.91. The van der Waals surface area contributed by atoms with Crippen molar-refractivity contribution in [3.63, 3.8) is 0 Å². The number of hydrogen-bond acceptors (Lipinski definition) is 2. The van der Waals surface area contributed by atoms with Crippen molar-refractivity contribution in [3.05, 3.63) is 0 Å². The number of rotatable bonds is 2. The van der Waals surface area contributed by atoms with E-state index in [2.05, 4.69) is 32.7 Å². The topological polar surface area (TPSA) is 20.3 Å². The first-order chi connectivity index (χ1) is 5.81. The highest BCUT2D eigenvalue weighted by atomic mass is 16.1. The Kier molecular flexibility index (Phi) is 4.55. The van der Waals surface area contributed by atoms with Crippen molar-refractivity contribution in [2.45, 2.75) is 33.6 Å². The maximum Gasteiger partial charge on any atom is 0.145 e. The molecule has 0 bridgehead atoms. The molecule has 0 unspecified atom stereocenters. The quantitative estimate of drug-likeness (QED) is 0.479. The number of ketones is 1. The first-order valence-corrected chi connectivity index (χ1v) is 4.49. The molecule has 0 aromatic heterocycles. The van der Waals surface area contributed by atoms with Crippen LogP contribution in [0.15, 0.2) is 0 Å². The molecular formula is C11H19NO. The van der Waals surface area contributed by atoms with Crippen molar-refractivity contribution >= 4 is 5.78 Å². The molecule has 74 valence electrons. The molecule has 0 fully saturated rings. The van der Waals surface area contributed by atoms with Gasteiger partial charge in [0.05, 0.1) is 6.42 Å². The van der Waals surface area contributed by atoms with Crippen molar-refractivity contribution < 1.29 is 4.79 Å². The van der Waals surface area contributed by atoms with Crippen LogP contribution in [0.1, 0.15) is 33.6 Å². The van der Waals surface area contributed by atoms with Crippen LogP contribution in [0.4, 0.5) is 0 Å². The Balaban J connectivity index is 3.86. The summed E-state index contributed by atoms with van der Waals surface area (Å²) >= 11 is 0. The van der Waals surface area contributed by atoms with Crippen molar-refractivity contribution in [1.82, 2.24) is 4.90 Å². The van der Waals surface area contributed by atoms with E-state index in [1.165, 1.54) is 0 Å². The van der Waals surface area contributed by atoms with Crippen molar-refractivity contribution in [2.24, 2.45) is 5.41 Å². The molecule has 0 N–H and O–H groups in total. The van der Waals surface area contributed by atoms with Gasteiger partial charge < -0.3 is 4.90 Å². The number of Topliss-reactive ketones (excluding diaryl/α,β-unsaturated/α-hetero) is 1. The lowest BCUT2D eigenvalue weighted by atomic mass is 9.89. The van der Waals surface area contributed by atoms with Gasteiger partial charge in [-0.15, -0.1) is 0 Å². The summed E-state index contributed by atoms with van der Waals surface area (Å²) < 4.78 is 0. The van der Waals surface area contributed by atoms with Crippen LogP contribution in [0.3, 0.4) is 0 Å². The molecule has 0 aliphatic rings. The summed E-state index contributed by atoms with van der Waals surface area (Å²) in [5.74, 6) is 3.06. The molecule has 0 aromatic rings. The van der Waals surface area contributed by atoms with Crippen molar-refractivity contribution in [1.29, 1.82) is 0 Å². The fourth-order valence-corrected chi connectivity index (χ4v) is 0.950. The SMILES string of the molecule is CN(C)C#CCC(=O)CC(C)(C)C. The highest BCUT2D eigenvalue weighted by Gasteiger charge is 2.14. The van der Waals surface area contributed by atoms with E-state index in [1.54, 1.807) is 4.90 Å². The average Bonchev–Trinajstić information content (AvgIpc) is 1.81. The number of carbonyl (C=O) groups excluding carboxylic acids is 1. The third-order valence-corrected chi connectivity index (χ3v) is 1.32. The van der Waals surface area contributed by atoms with Crippen LogP contribution < -0.4 is 0 Å². The number of hydrogen-bond donors (Lipinski definition) is 0. The zero-order valence-electron chi connectivity index (χ0n) is 9.27. The lowest BCUT2D eigenvalue weighted by Gasteiger charge is -2.15. The first kappa shape index (κ1) is 12.0. The Morgan fingerprint density at radius 2 is 1.85 bits per heavy atom. The van der Waals surface area contributed by atoms with Gasteiger partial charge in [0, 0.05) is 26.6 Å². The van der Waals surface area contributed by atoms with Crippen LogP contribution in [0.2, 0.25) is 0 Å². The molecule has 0 saturated heterocycles. The summed E-state index contributed by atoms with van der Waals surface area (Å²) in [5, 5.41) is 0. The normalized spacial score (nSPS) is 10.2. The zero-order chi connectivity index (χ0) is 10.5. The Labute approximate surface area is 81.3 Å². The van der Waals surface area contributed by atoms with Gasteiger partial charge in [0.1, 0.15) is 5.78 Å². The minimum absolute atomic E-state index is 0.0802. The molecule has 0 aliphatic heterocycles. The summed E-state index contributed by atoms with van der Waals surface area (Å²) in [4.78, 5) is 13.1. The van der Waals surface area contributed by atoms with Gasteiger partial charge in [-0.3, -0.25) is 4.79 Å². The lowest BCUT2D eigenvalue weighted by Crippen LogP contribution is -2.12. The van der Waals surface area contributed by atoms with Gasteiger partial charge in [0.25, 0.3) is 0 Å². The summed E-state index contributed by atoms with van der Waals surface area (Å²) in [7, 11) is 3.72. The van der Waals surface area contributed by atoms with E-state index in [0.29, 0.717) is 12.8 Å². The molecule has 0 amide bonds. The average molecular weight is 181 g/mol. The van der Waals surface area contributed by atoms with Crippen LogP contribution in [-0.4, -0.2) is 24.8 Å². The molecule has 13 heavy (non-hydrogen) atoms. The van der Waals surface area contributed by atoms with E-state index in [-0.39, 0.29) is 11.2 Å². The van der Waals surface area contributed by atoms with Gasteiger partial charge in [-0.25, -0.2) is 0 Å². The Hall–Kier alpha value is -0.970. The molecule has 0 rings (SSSR count). The van der Waals surface area contributed by atoms with Crippen LogP contribution in [0, 0.1) is 17.4 Å². The van der Waals surface area contributed by atoms with Crippen LogP contribution in [0.5, 0.6) is 0 Å². The maximum absolute atomic E-state index is 11.3. The standard InChI is InChI=1S/C11H19NO/c1-11(2,3)9-10(13)7-6-8-12(4)5/h7,9H2,1-5H3. The van der Waals surface area contributed by atoms with E-state index in [9.17, 15) is 4.79 Å². The van der Waals surface area contributed by atoms with E-state index in [1.807, 2.05) is 14.1 Å². The van der Waals surface area contributed by atoms with E-state index in [0.717, 1.165) is 0 Å². The fraction of sp³-hybridized carbons (Fsp3) is 0.727. The summed E-state index contributed by atoms with van der Waals surface area (Å²) in [6, 6.07) is 2.82. The molecule has 0 heterocycles. The first-order valence-electron chi connectivity index (χ1n) is 4.49. The largest absolute Gasteiger partial charge is 0.339 e. The molecular weight excluding hydrogens is 162 g/mol. The molecule has 2 heteroatoms. The minimum Gasteiger partial charge on any atom is -0.339 e. The summed E-state index contributed by atoms with van der Waals surface area (Å²) in [6.45, 7) is 6.18. The summed E-state index contributed by atoms with van der Waals surface area (Å²) in [6.07, 6.45) is 0.977. The number of carbonyl (C=O) groups is 1. The third-order valence-electron chi connectivity index (χ3n) is 1.32. The predicted octanol–water partition coefficient (Wildman–Crippen LogP) is 1.90. The molecule has 0 atom stereocenters. The van der Waals surface area contributed by atoms with Crippen LogP contribution in [-0.2, 0) is 4.79 Å². The molecule has 0 aliphatic carbocycles. The minimum atomic E-state index is 0.0802. The van der Waals surface area contributed by atoms with Gasteiger partial charge in [0.15, 0.2) is 0 Å². The summed E-state index contributed by atoms with van der Waals surface area (Å²) in [5.41, 5.74) is 0.0802. The van der Waals surface area contributed by atoms with Crippen molar-refractivity contribution in [3.8, 4) is 12.0 Å². The van der Waals surface area contributed by atoms with Gasteiger partial charge in [-0.1, -0.05) is 26.7 Å². The number of nitrogens with zero attached hydrogens (tertiary/aromatic N) is 1. The smallest absolute Gasteiger partial charge is 0.145 e. The lowest BCUT2D eigenvalue weighted by molar-refractivity contribution is -0.119. The molecule has 0 saturated carbocycles. The zero-order valence-corrected chi connectivity index (χ0v) is 9.27. The van der Waals surface area contributed by atoms with Gasteiger partial charge in [-0.05, 0) is 5.41 Å². The molecule has 0 radical (unpaired) electrons. The van der Waals surface area contributed by atoms with Gasteiger partial charge >= 0.3 is 0 Å². The molecule has 2 nitrogen and oxygen atoms in total. The van der Waals surface area contributed by atoms with E-state index >= 15 is 0 Å². The van der Waals surface area contributed by atoms with Gasteiger partial charge in [-0.2, -0.15) is 0 Å². The molecule has 0 aromatic carbocycles. The fourth-order valence-electron chi connectivity index (χ4n) is 0.950. The highest BCUT2D eigenvalue weighted by Crippen LogP contribution is 2.19. The van der Waals surface area contributed by atoms with Crippen LogP contribution >= 0.6 is 0 Å². The van der Waals surface area contributed by atoms with Crippen molar-refractivity contribution in [2.75, 3.05) is 14.1 Å². The predicted molar refractivity (Wildman–Crippen MR) is 55.2 cm³/mol. The highest BCUT2D eigenvalue weighted by molar-refractivity contribution is 5.81. The second-order valence-electron chi connectivity index (χ2n) is 4.64. The maximum atomic E-state index is 11.3.